The summed E-state index contributed by atoms with van der Waals surface area (Å²) in [5.41, 5.74) is 0. The molecule has 0 aromatic heterocycles. The first-order valence-corrected chi connectivity index (χ1v) is 6.11. The Bertz CT molecular complexity index is 326. The van der Waals surface area contributed by atoms with E-state index in [9.17, 15) is 13.2 Å². The maximum Gasteiger partial charge on any atom is 0.318 e. The Morgan fingerprint density at radius 3 is 1.94 bits per heavy atom. The Labute approximate surface area is 96.4 Å². The lowest BCUT2D eigenvalue weighted by Crippen LogP contribution is -2.45. The Kier molecular flexibility index (Phi) is 5.87. The summed E-state index contributed by atoms with van der Waals surface area (Å²) >= 11 is 0. The lowest BCUT2D eigenvalue weighted by atomic mass is 10.5. The number of carboxylic acids is 1. The highest BCUT2D eigenvalue weighted by atomic mass is 32.2. The number of likely N-dealkylation sites (N-methyl/N-ethyl adjacent to an activating group) is 1. The Morgan fingerprint density at radius 2 is 1.62 bits per heavy atom. The molecule has 96 valence electrons. The van der Waals surface area contributed by atoms with Crippen LogP contribution in [0, 0.1) is 0 Å². The van der Waals surface area contributed by atoms with Crippen LogP contribution in [0.25, 0.3) is 0 Å². The number of carbonyl (C=O) groups is 1. The molecule has 0 radical (unpaired) electrons. The third-order valence-corrected chi connectivity index (χ3v) is 3.78. The highest BCUT2D eigenvalue weighted by Crippen LogP contribution is 2.03. The van der Waals surface area contributed by atoms with E-state index in [0.29, 0.717) is 6.54 Å². The fraction of sp³-hybridized carbons (Fsp3) is 0.875. The minimum Gasteiger partial charge on any atom is -0.480 e. The molecular weight excluding hydrogens is 234 g/mol. The minimum atomic E-state index is -3.67. The number of nitrogens with zero attached hydrogens (tertiary/aromatic N) is 3. The van der Waals surface area contributed by atoms with E-state index in [1.54, 1.807) is 19.0 Å². The molecule has 1 N–H and O–H groups in total. The third kappa shape index (κ3) is 4.88. The van der Waals surface area contributed by atoms with Crippen LogP contribution >= 0.6 is 0 Å². The Hall–Kier alpha value is -0.700. The van der Waals surface area contributed by atoms with Crippen molar-refractivity contribution in [3.63, 3.8) is 0 Å². The molecule has 0 heterocycles. The van der Waals surface area contributed by atoms with Crippen LogP contribution < -0.4 is 0 Å². The van der Waals surface area contributed by atoms with Crippen LogP contribution in [0.2, 0.25) is 0 Å². The topological polar surface area (TPSA) is 81.2 Å². The van der Waals surface area contributed by atoms with Gasteiger partial charge in [-0.15, -0.1) is 0 Å². The van der Waals surface area contributed by atoms with Crippen molar-refractivity contribution < 1.29 is 18.3 Å². The van der Waals surface area contributed by atoms with Crippen LogP contribution in [0.15, 0.2) is 0 Å². The van der Waals surface area contributed by atoms with Gasteiger partial charge in [0.15, 0.2) is 0 Å². The van der Waals surface area contributed by atoms with Crippen molar-refractivity contribution in [1.29, 1.82) is 0 Å². The highest BCUT2D eigenvalue weighted by Gasteiger charge is 2.26. The number of hydrogen-bond acceptors (Lipinski definition) is 4. The first-order chi connectivity index (χ1) is 7.17. The molecule has 16 heavy (non-hydrogen) atoms. The summed E-state index contributed by atoms with van der Waals surface area (Å²) in [5.74, 6) is -1.16. The van der Waals surface area contributed by atoms with E-state index in [0.717, 1.165) is 8.61 Å². The molecule has 0 spiro atoms. The number of carboxylic acid groups (broad SMARTS) is 1. The molecule has 0 amide bonds. The van der Waals surface area contributed by atoms with Crippen LogP contribution in [0.5, 0.6) is 0 Å². The summed E-state index contributed by atoms with van der Waals surface area (Å²) in [6.45, 7) is 0.106. The van der Waals surface area contributed by atoms with Gasteiger partial charge >= 0.3 is 5.97 Å². The number of aliphatic carboxylic acids is 1. The first-order valence-electron chi connectivity index (χ1n) is 4.72. The summed E-state index contributed by atoms with van der Waals surface area (Å²) in [7, 11) is 2.66. The zero-order valence-corrected chi connectivity index (χ0v) is 10.9. The molecule has 0 aliphatic heterocycles. The SMILES string of the molecule is CN(C)CCN(CC(=O)O)S(=O)(=O)N(C)C. The monoisotopic (exact) mass is 253 g/mol. The van der Waals surface area contributed by atoms with Gasteiger partial charge in [-0.2, -0.15) is 17.0 Å². The molecule has 0 aliphatic rings. The molecule has 0 fully saturated rings. The summed E-state index contributed by atoms with van der Waals surface area (Å²) in [4.78, 5) is 12.4. The zero-order chi connectivity index (χ0) is 12.9. The van der Waals surface area contributed by atoms with Gasteiger partial charge in [0.05, 0.1) is 0 Å². The number of hydrogen-bond donors (Lipinski definition) is 1. The van der Waals surface area contributed by atoms with Gasteiger partial charge in [-0.05, 0) is 14.1 Å². The largest absolute Gasteiger partial charge is 0.480 e. The highest BCUT2D eigenvalue weighted by molar-refractivity contribution is 7.86. The average molecular weight is 253 g/mol. The van der Waals surface area contributed by atoms with Crippen molar-refractivity contribution in [2.75, 3.05) is 47.8 Å². The smallest absolute Gasteiger partial charge is 0.318 e. The second-order valence-corrected chi connectivity index (χ2v) is 5.96. The van der Waals surface area contributed by atoms with Gasteiger partial charge < -0.3 is 10.0 Å². The minimum absolute atomic E-state index is 0.153. The molecule has 0 unspecified atom stereocenters. The van der Waals surface area contributed by atoms with Crippen molar-refractivity contribution in [3.8, 4) is 0 Å². The van der Waals surface area contributed by atoms with Crippen LogP contribution in [0.4, 0.5) is 0 Å². The van der Waals surface area contributed by atoms with E-state index in [2.05, 4.69) is 0 Å². The van der Waals surface area contributed by atoms with Crippen molar-refractivity contribution in [1.82, 2.24) is 13.5 Å². The average Bonchev–Trinajstić information content (AvgIpc) is 2.10. The van der Waals surface area contributed by atoms with Crippen molar-refractivity contribution in [2.45, 2.75) is 0 Å². The van der Waals surface area contributed by atoms with E-state index in [1.165, 1.54) is 14.1 Å². The molecule has 0 saturated carbocycles. The second kappa shape index (κ2) is 6.14. The van der Waals surface area contributed by atoms with Crippen molar-refractivity contribution in [2.24, 2.45) is 0 Å². The van der Waals surface area contributed by atoms with Gasteiger partial charge in [-0.3, -0.25) is 4.79 Å². The van der Waals surface area contributed by atoms with Crippen LogP contribution in [-0.4, -0.2) is 80.8 Å². The number of rotatable bonds is 7. The summed E-state index contributed by atoms with van der Waals surface area (Å²) in [6, 6.07) is 0. The summed E-state index contributed by atoms with van der Waals surface area (Å²) < 4.78 is 25.4. The van der Waals surface area contributed by atoms with Gasteiger partial charge in [0.25, 0.3) is 10.2 Å². The molecule has 0 bridgehead atoms. The second-order valence-electron chi connectivity index (χ2n) is 3.82. The molecule has 0 rings (SSSR count). The van der Waals surface area contributed by atoms with E-state index in [1.807, 2.05) is 0 Å². The standard InChI is InChI=1S/C8H19N3O4S/c1-9(2)5-6-11(7-8(12)13)16(14,15)10(3)4/h5-7H2,1-4H3,(H,12,13). The molecule has 0 aromatic rings. The Morgan fingerprint density at radius 1 is 1.12 bits per heavy atom. The fourth-order valence-electron chi connectivity index (χ4n) is 0.969. The van der Waals surface area contributed by atoms with E-state index >= 15 is 0 Å². The van der Waals surface area contributed by atoms with Crippen molar-refractivity contribution >= 4 is 16.2 Å². The van der Waals surface area contributed by atoms with Gasteiger partial charge in [-0.25, -0.2) is 0 Å². The molecule has 0 atom stereocenters. The normalized spacial score (nSPS) is 12.7. The lowest BCUT2D eigenvalue weighted by molar-refractivity contribution is -0.137. The maximum absolute atomic E-state index is 11.7. The third-order valence-electron chi connectivity index (χ3n) is 1.90. The molecule has 0 saturated heterocycles. The van der Waals surface area contributed by atoms with E-state index < -0.39 is 22.7 Å². The molecule has 0 aliphatic carbocycles. The summed E-state index contributed by atoms with van der Waals surface area (Å²) in [5, 5.41) is 8.66. The predicted molar refractivity (Wildman–Crippen MR) is 60.4 cm³/mol. The zero-order valence-electron chi connectivity index (χ0n) is 10.0. The molecule has 8 heteroatoms. The first kappa shape index (κ1) is 15.3. The quantitative estimate of drug-likeness (QED) is 0.612. The Balaban J connectivity index is 4.73. The van der Waals surface area contributed by atoms with Crippen LogP contribution in [0.3, 0.4) is 0 Å². The van der Waals surface area contributed by atoms with E-state index in [4.69, 9.17) is 5.11 Å². The lowest BCUT2D eigenvalue weighted by Gasteiger charge is -2.25. The summed E-state index contributed by atoms with van der Waals surface area (Å²) in [6.07, 6.45) is 0. The van der Waals surface area contributed by atoms with Gasteiger partial charge in [0.1, 0.15) is 6.54 Å². The van der Waals surface area contributed by atoms with Crippen LogP contribution in [-0.2, 0) is 15.0 Å². The fourth-order valence-corrected chi connectivity index (χ4v) is 2.02. The molecule has 7 nitrogen and oxygen atoms in total. The van der Waals surface area contributed by atoms with Gasteiger partial charge in [0, 0.05) is 27.2 Å². The maximum atomic E-state index is 11.7. The van der Waals surface area contributed by atoms with Gasteiger partial charge in [0.2, 0.25) is 0 Å². The van der Waals surface area contributed by atoms with Crippen molar-refractivity contribution in [3.05, 3.63) is 0 Å². The van der Waals surface area contributed by atoms with Crippen LogP contribution in [0.1, 0.15) is 0 Å². The van der Waals surface area contributed by atoms with E-state index in [-0.39, 0.29) is 6.54 Å². The molecule has 0 aromatic carbocycles. The molecular formula is C8H19N3O4S. The predicted octanol–water partition coefficient (Wildman–Crippen LogP) is -1.26. The van der Waals surface area contributed by atoms with Gasteiger partial charge in [-0.1, -0.05) is 0 Å².